The minimum absolute atomic E-state index is 0.0731. The molecule has 4 nitrogen and oxygen atoms in total. The van der Waals surface area contributed by atoms with Gasteiger partial charge in [-0.1, -0.05) is 20.8 Å². The lowest BCUT2D eigenvalue weighted by atomic mass is 9.92. The molecule has 0 aliphatic carbocycles. The fourth-order valence-corrected chi connectivity index (χ4v) is 1.15. The van der Waals surface area contributed by atoms with Gasteiger partial charge >= 0.3 is 0 Å². The molecule has 0 atom stereocenters. The van der Waals surface area contributed by atoms with Gasteiger partial charge < -0.3 is 11.1 Å². The first-order valence-corrected chi connectivity index (χ1v) is 4.65. The predicted octanol–water partition coefficient (Wildman–Crippen LogP) is 0.713. The molecule has 0 heterocycles. The summed E-state index contributed by atoms with van der Waals surface area (Å²) in [5.74, 6) is 0. The quantitative estimate of drug-likeness (QED) is 0.698. The summed E-state index contributed by atoms with van der Waals surface area (Å²) >= 11 is 0. The van der Waals surface area contributed by atoms with Crippen LogP contribution >= 0.6 is 0 Å². The number of nitrogens with one attached hydrogen (secondary N) is 1. The summed E-state index contributed by atoms with van der Waals surface area (Å²) < 4.78 is 0. The topological polar surface area (TPSA) is 72.2 Å². The van der Waals surface area contributed by atoms with Crippen LogP contribution in [-0.2, 0) is 0 Å². The van der Waals surface area contributed by atoms with Crippen LogP contribution in [0.25, 0.3) is 0 Å². The average Bonchev–Trinajstić information content (AvgIpc) is 2.09. The maximum absolute atomic E-state index is 11.0. The van der Waals surface area contributed by atoms with Gasteiger partial charge in [-0.15, -0.1) is 0 Å². The molecule has 0 spiro atoms. The van der Waals surface area contributed by atoms with E-state index in [2.05, 4.69) is 26.1 Å². The summed E-state index contributed by atoms with van der Waals surface area (Å²) in [6.45, 7) is 7.00. The molecule has 3 N–H and O–H groups in total. The summed E-state index contributed by atoms with van der Waals surface area (Å²) in [6.07, 6.45) is 0.922. The molecule has 0 fully saturated rings. The average molecular weight is 196 g/mol. The maximum Gasteiger partial charge on any atom is 0.253 e. The molecule has 78 valence electrons. The van der Waals surface area contributed by atoms with Crippen molar-refractivity contribution < 1.29 is 0 Å². The van der Waals surface area contributed by atoms with Gasteiger partial charge in [0.25, 0.3) is 10.9 Å². The third-order valence-corrected chi connectivity index (χ3v) is 2.12. The molecule has 4 heteroatoms. The molecular weight excluding hydrogens is 180 g/mol. The molecule has 0 saturated carbocycles. The van der Waals surface area contributed by atoms with Gasteiger partial charge in [-0.2, -0.15) is 0 Å². The van der Waals surface area contributed by atoms with Crippen molar-refractivity contribution in [3.63, 3.8) is 0 Å². The molecule has 0 saturated heterocycles. The Morgan fingerprint density at radius 2 is 1.79 bits per heavy atom. The Bertz CT molecular complexity index is 395. The van der Waals surface area contributed by atoms with Crippen molar-refractivity contribution in [2.75, 3.05) is 17.6 Å². The van der Waals surface area contributed by atoms with Crippen LogP contribution in [0.5, 0.6) is 0 Å². The SMILES string of the molecule is CC(C)(C)CCNc1c(N)c(=O)c1=O. The molecule has 14 heavy (non-hydrogen) atoms. The molecule has 0 unspecified atom stereocenters. The summed E-state index contributed by atoms with van der Waals surface area (Å²) in [6, 6.07) is 0. The Morgan fingerprint density at radius 3 is 2.21 bits per heavy atom. The van der Waals surface area contributed by atoms with Gasteiger partial charge in [0.2, 0.25) is 0 Å². The van der Waals surface area contributed by atoms with E-state index in [-0.39, 0.29) is 11.1 Å². The minimum atomic E-state index is -0.566. The molecule has 0 aliphatic heterocycles. The zero-order valence-electron chi connectivity index (χ0n) is 8.81. The van der Waals surface area contributed by atoms with E-state index in [0.29, 0.717) is 12.2 Å². The Morgan fingerprint density at radius 1 is 1.21 bits per heavy atom. The zero-order chi connectivity index (χ0) is 10.9. The summed E-state index contributed by atoms with van der Waals surface area (Å²) in [5, 5.41) is 2.89. The van der Waals surface area contributed by atoms with Crippen molar-refractivity contribution in [3.8, 4) is 0 Å². The minimum Gasteiger partial charge on any atom is -0.394 e. The van der Waals surface area contributed by atoms with Crippen molar-refractivity contribution in [3.05, 3.63) is 20.4 Å². The van der Waals surface area contributed by atoms with Crippen molar-refractivity contribution in [1.29, 1.82) is 0 Å². The fraction of sp³-hybridized carbons (Fsp3) is 0.600. The normalized spacial score (nSPS) is 11.9. The standard InChI is InChI=1S/C10H16N2O2/c1-10(2,3)4-5-12-7-6(11)8(13)9(7)14/h12H,4-5,11H2,1-3H3. The summed E-state index contributed by atoms with van der Waals surface area (Å²) in [7, 11) is 0. The molecule has 1 aromatic rings. The Hall–Kier alpha value is -1.32. The van der Waals surface area contributed by atoms with Crippen LogP contribution < -0.4 is 21.9 Å². The number of hydrogen-bond donors (Lipinski definition) is 2. The van der Waals surface area contributed by atoms with E-state index in [1.54, 1.807) is 0 Å². The van der Waals surface area contributed by atoms with Crippen LogP contribution in [0.4, 0.5) is 11.4 Å². The lowest BCUT2D eigenvalue weighted by molar-refractivity contribution is 0.389. The second kappa shape index (κ2) is 3.44. The van der Waals surface area contributed by atoms with E-state index in [0.717, 1.165) is 6.42 Å². The molecule has 1 rings (SSSR count). The second-order valence-electron chi connectivity index (χ2n) is 4.68. The van der Waals surface area contributed by atoms with Crippen LogP contribution in [-0.4, -0.2) is 6.54 Å². The van der Waals surface area contributed by atoms with Gasteiger partial charge in [-0.25, -0.2) is 0 Å². The molecule has 0 aromatic heterocycles. The van der Waals surface area contributed by atoms with E-state index in [9.17, 15) is 9.59 Å². The lowest BCUT2D eigenvalue weighted by Gasteiger charge is -2.19. The monoisotopic (exact) mass is 196 g/mol. The number of nitrogens with two attached hydrogens (primary N) is 1. The van der Waals surface area contributed by atoms with Crippen molar-refractivity contribution >= 4 is 11.4 Å². The van der Waals surface area contributed by atoms with Crippen molar-refractivity contribution in [2.45, 2.75) is 27.2 Å². The first-order chi connectivity index (χ1) is 6.33. The lowest BCUT2D eigenvalue weighted by Crippen LogP contribution is -2.37. The number of rotatable bonds is 3. The highest BCUT2D eigenvalue weighted by molar-refractivity contribution is 5.71. The molecule has 0 bridgehead atoms. The summed E-state index contributed by atoms with van der Waals surface area (Å²) in [5.41, 5.74) is 4.87. The molecular formula is C10H16N2O2. The molecule has 0 aliphatic rings. The smallest absolute Gasteiger partial charge is 0.253 e. The second-order valence-corrected chi connectivity index (χ2v) is 4.68. The Kier molecular flexibility index (Phi) is 2.64. The number of anilines is 2. The number of hydrogen-bond acceptors (Lipinski definition) is 4. The van der Waals surface area contributed by atoms with Crippen LogP contribution in [0.1, 0.15) is 27.2 Å². The van der Waals surface area contributed by atoms with E-state index >= 15 is 0 Å². The van der Waals surface area contributed by atoms with Gasteiger partial charge in [-0.05, 0) is 11.8 Å². The van der Waals surface area contributed by atoms with Crippen LogP contribution in [0.3, 0.4) is 0 Å². The van der Waals surface area contributed by atoms with Gasteiger partial charge in [0.1, 0.15) is 11.4 Å². The maximum atomic E-state index is 11.0. The molecule has 0 amide bonds. The third-order valence-electron chi connectivity index (χ3n) is 2.12. The predicted molar refractivity (Wildman–Crippen MR) is 58.3 cm³/mol. The first-order valence-electron chi connectivity index (χ1n) is 4.65. The van der Waals surface area contributed by atoms with E-state index in [4.69, 9.17) is 5.73 Å². The Balaban J connectivity index is 2.49. The largest absolute Gasteiger partial charge is 0.394 e. The first kappa shape index (κ1) is 10.8. The van der Waals surface area contributed by atoms with Crippen LogP contribution in [0.2, 0.25) is 0 Å². The summed E-state index contributed by atoms with van der Waals surface area (Å²) in [4.78, 5) is 21.7. The molecule has 1 aromatic carbocycles. The van der Waals surface area contributed by atoms with Gasteiger partial charge in [0.05, 0.1) is 0 Å². The highest BCUT2D eigenvalue weighted by Gasteiger charge is 2.18. The fourth-order valence-electron chi connectivity index (χ4n) is 1.15. The van der Waals surface area contributed by atoms with Crippen LogP contribution in [0, 0.1) is 5.41 Å². The van der Waals surface area contributed by atoms with Gasteiger partial charge in [0.15, 0.2) is 0 Å². The highest BCUT2D eigenvalue weighted by Crippen LogP contribution is 2.18. The number of nitrogen functional groups attached to an aromatic ring is 1. The van der Waals surface area contributed by atoms with E-state index < -0.39 is 10.9 Å². The van der Waals surface area contributed by atoms with Crippen LogP contribution in [0.15, 0.2) is 9.59 Å². The van der Waals surface area contributed by atoms with E-state index in [1.807, 2.05) is 0 Å². The van der Waals surface area contributed by atoms with Gasteiger partial charge in [-0.3, -0.25) is 9.59 Å². The zero-order valence-corrected chi connectivity index (χ0v) is 8.81. The molecule has 0 radical (unpaired) electrons. The highest BCUT2D eigenvalue weighted by atomic mass is 16.2. The Labute approximate surface area is 82.8 Å². The van der Waals surface area contributed by atoms with Gasteiger partial charge in [0, 0.05) is 6.54 Å². The third kappa shape index (κ3) is 2.13. The van der Waals surface area contributed by atoms with Crippen molar-refractivity contribution in [1.82, 2.24) is 0 Å². The van der Waals surface area contributed by atoms with E-state index in [1.165, 1.54) is 0 Å². The van der Waals surface area contributed by atoms with Crippen molar-refractivity contribution in [2.24, 2.45) is 5.41 Å².